The van der Waals surface area contributed by atoms with Crippen LogP contribution < -0.4 is 5.32 Å². The van der Waals surface area contributed by atoms with Gasteiger partial charge in [-0.15, -0.1) is 0 Å². The fraction of sp³-hybridized carbons (Fsp3) is 0.731. The molecule has 5 nitrogen and oxygen atoms in total. The van der Waals surface area contributed by atoms with Crippen molar-refractivity contribution in [3.63, 3.8) is 0 Å². The smallest absolute Gasteiger partial charge is 0.407 e. The summed E-state index contributed by atoms with van der Waals surface area (Å²) in [6.45, 7) is 21.8. The van der Waals surface area contributed by atoms with Crippen LogP contribution in [0.1, 0.15) is 59.9 Å². The maximum atomic E-state index is 12.3. The minimum absolute atomic E-state index is 0.0979. The Kier molecular flexibility index (Phi) is 6.92. The highest BCUT2D eigenvalue weighted by molar-refractivity contribution is 6.74. The van der Waals surface area contributed by atoms with Crippen LogP contribution in [0.5, 0.6) is 0 Å². The molecule has 2 aliphatic heterocycles. The van der Waals surface area contributed by atoms with Crippen molar-refractivity contribution < 1.29 is 14.0 Å². The SMILES string of the molecule is CC(C)(C)OC(=O)NCC12CN(Cc3ccccc3)CC(CO[Si](C)(C)C(C)(C)C)(C1)C2. The Morgan fingerprint density at radius 2 is 1.62 bits per heavy atom. The number of carbonyl (C=O) groups is 1. The molecular weight excluding hydrogens is 416 g/mol. The van der Waals surface area contributed by atoms with Gasteiger partial charge in [0.25, 0.3) is 0 Å². The van der Waals surface area contributed by atoms with E-state index in [4.69, 9.17) is 9.16 Å². The molecule has 4 rings (SSSR count). The molecule has 3 aliphatic rings. The van der Waals surface area contributed by atoms with E-state index < -0.39 is 13.9 Å². The quantitative estimate of drug-likeness (QED) is 0.521. The Balaban J connectivity index is 1.69. The van der Waals surface area contributed by atoms with E-state index in [2.05, 4.69) is 74.4 Å². The lowest BCUT2D eigenvalue weighted by atomic mass is 9.50. The molecule has 1 aromatic rings. The van der Waals surface area contributed by atoms with Crippen molar-refractivity contribution in [2.24, 2.45) is 10.8 Å². The fourth-order valence-corrected chi connectivity index (χ4v) is 6.27. The number of hydrogen-bond donors (Lipinski definition) is 1. The summed E-state index contributed by atoms with van der Waals surface area (Å²) >= 11 is 0. The summed E-state index contributed by atoms with van der Waals surface area (Å²) in [7, 11) is -1.80. The van der Waals surface area contributed by atoms with Gasteiger partial charge < -0.3 is 14.5 Å². The largest absolute Gasteiger partial charge is 0.444 e. The Morgan fingerprint density at radius 1 is 1.03 bits per heavy atom. The summed E-state index contributed by atoms with van der Waals surface area (Å²) in [6.07, 6.45) is 1.90. The van der Waals surface area contributed by atoms with E-state index in [9.17, 15) is 4.79 Å². The van der Waals surface area contributed by atoms with Gasteiger partial charge in [0.1, 0.15) is 5.60 Å². The maximum Gasteiger partial charge on any atom is 0.407 e. The normalized spacial score (nSPS) is 26.4. The van der Waals surface area contributed by atoms with Crippen LogP contribution in [0.2, 0.25) is 18.1 Å². The summed E-state index contributed by atoms with van der Waals surface area (Å²) in [6, 6.07) is 10.7. The molecule has 1 N–H and O–H groups in total. The Labute approximate surface area is 196 Å². The van der Waals surface area contributed by atoms with Crippen LogP contribution in [-0.2, 0) is 15.7 Å². The standard InChI is InChI=1S/C26H44N2O3Si/c1-23(2,3)31-22(29)27-17-25-15-26(16-25,20-30-32(7,8)24(4,5)6)19-28(18-25)14-21-12-10-9-11-13-21/h9-13H,14-20H2,1-8H3,(H,27,29). The van der Waals surface area contributed by atoms with Gasteiger partial charge in [-0.25, -0.2) is 4.79 Å². The van der Waals surface area contributed by atoms with E-state index in [1.165, 1.54) is 5.56 Å². The number of piperidine rings is 2. The number of alkyl carbamates (subject to hydrolysis) is 1. The van der Waals surface area contributed by atoms with Gasteiger partial charge in [-0.05, 0) is 57.3 Å². The highest BCUT2D eigenvalue weighted by atomic mass is 28.4. The maximum absolute atomic E-state index is 12.3. The number of benzene rings is 1. The molecule has 0 unspecified atom stereocenters. The molecule has 0 atom stereocenters. The molecule has 32 heavy (non-hydrogen) atoms. The first-order valence-corrected chi connectivity index (χ1v) is 14.9. The average molecular weight is 461 g/mol. The highest BCUT2D eigenvalue weighted by Crippen LogP contribution is 2.59. The van der Waals surface area contributed by atoms with Gasteiger partial charge in [-0.3, -0.25) is 4.90 Å². The van der Waals surface area contributed by atoms with Crippen LogP contribution in [0, 0.1) is 10.8 Å². The molecule has 1 aliphatic carbocycles. The lowest BCUT2D eigenvalue weighted by molar-refractivity contribution is -0.153. The zero-order valence-electron chi connectivity index (χ0n) is 21.5. The zero-order chi connectivity index (χ0) is 23.8. The number of fused-ring (bicyclic) bond motifs is 2. The first-order chi connectivity index (χ1) is 14.6. The van der Waals surface area contributed by atoms with Crippen LogP contribution in [-0.4, -0.2) is 51.2 Å². The summed E-state index contributed by atoms with van der Waals surface area (Å²) in [5, 5.41) is 3.28. The minimum Gasteiger partial charge on any atom is -0.444 e. The summed E-state index contributed by atoms with van der Waals surface area (Å²) < 4.78 is 12.2. The van der Waals surface area contributed by atoms with Gasteiger partial charge in [-0.2, -0.15) is 0 Å². The number of amides is 1. The molecule has 1 saturated carbocycles. The van der Waals surface area contributed by atoms with Gasteiger partial charge in [-0.1, -0.05) is 51.1 Å². The van der Waals surface area contributed by atoms with Crippen LogP contribution in [0.4, 0.5) is 4.79 Å². The van der Waals surface area contributed by atoms with Gasteiger partial charge in [0.2, 0.25) is 0 Å². The Morgan fingerprint density at radius 3 is 2.19 bits per heavy atom. The second-order valence-electron chi connectivity index (χ2n) is 12.9. The van der Waals surface area contributed by atoms with Crippen molar-refractivity contribution in [1.29, 1.82) is 0 Å². The van der Waals surface area contributed by atoms with Crippen molar-refractivity contribution in [2.75, 3.05) is 26.2 Å². The van der Waals surface area contributed by atoms with Crippen molar-refractivity contribution >= 4 is 14.4 Å². The van der Waals surface area contributed by atoms with Gasteiger partial charge >= 0.3 is 6.09 Å². The Hall–Kier alpha value is -1.37. The van der Waals surface area contributed by atoms with Crippen molar-refractivity contribution in [3.8, 4) is 0 Å². The molecule has 2 saturated heterocycles. The predicted molar refractivity (Wildman–Crippen MR) is 133 cm³/mol. The molecule has 2 bridgehead atoms. The summed E-state index contributed by atoms with van der Waals surface area (Å²) in [5.41, 5.74) is 1.14. The number of carbonyl (C=O) groups excluding carboxylic acids is 1. The second kappa shape index (κ2) is 8.77. The first kappa shape index (κ1) is 25.3. The number of nitrogens with zero attached hydrogens (tertiary/aromatic N) is 1. The molecule has 3 fully saturated rings. The van der Waals surface area contributed by atoms with Crippen molar-refractivity contribution in [3.05, 3.63) is 35.9 Å². The third-order valence-electron chi connectivity index (χ3n) is 7.42. The number of rotatable bonds is 7. The van der Waals surface area contributed by atoms with Gasteiger partial charge in [0, 0.05) is 43.6 Å². The van der Waals surface area contributed by atoms with E-state index in [1.807, 2.05) is 20.8 Å². The molecule has 1 aromatic carbocycles. The molecule has 0 radical (unpaired) electrons. The Bertz CT molecular complexity index is 790. The summed E-state index contributed by atoms with van der Waals surface area (Å²) in [4.78, 5) is 14.9. The van der Waals surface area contributed by atoms with E-state index in [-0.39, 0.29) is 22.0 Å². The zero-order valence-corrected chi connectivity index (χ0v) is 22.5. The number of nitrogens with one attached hydrogen (secondary N) is 1. The van der Waals surface area contributed by atoms with Crippen LogP contribution >= 0.6 is 0 Å². The van der Waals surface area contributed by atoms with E-state index in [1.54, 1.807) is 0 Å². The van der Waals surface area contributed by atoms with E-state index in [0.29, 0.717) is 6.54 Å². The average Bonchev–Trinajstić information content (AvgIpc) is 2.63. The van der Waals surface area contributed by atoms with Crippen LogP contribution in [0.15, 0.2) is 30.3 Å². The molecule has 0 spiro atoms. The monoisotopic (exact) mass is 460 g/mol. The molecule has 0 aromatic heterocycles. The first-order valence-electron chi connectivity index (χ1n) is 12.0. The third-order valence-corrected chi connectivity index (χ3v) is 11.9. The molecule has 2 heterocycles. The molecule has 6 heteroatoms. The predicted octanol–water partition coefficient (Wildman–Crippen LogP) is 5.82. The van der Waals surface area contributed by atoms with Crippen LogP contribution in [0.25, 0.3) is 0 Å². The minimum atomic E-state index is -1.80. The van der Waals surface area contributed by atoms with E-state index >= 15 is 0 Å². The fourth-order valence-electron chi connectivity index (χ4n) is 5.17. The number of hydrogen-bond acceptors (Lipinski definition) is 4. The molecule has 1 amide bonds. The van der Waals surface area contributed by atoms with E-state index in [0.717, 1.165) is 39.1 Å². The number of ether oxygens (including phenoxy) is 1. The second-order valence-corrected chi connectivity index (χ2v) is 17.7. The topological polar surface area (TPSA) is 50.8 Å². The molecule has 180 valence electrons. The van der Waals surface area contributed by atoms with Crippen LogP contribution in [0.3, 0.4) is 0 Å². The lowest BCUT2D eigenvalue weighted by Crippen LogP contribution is -2.67. The molecular formula is C26H44N2O3Si. The van der Waals surface area contributed by atoms with Gasteiger partial charge in [0.15, 0.2) is 8.32 Å². The lowest BCUT2D eigenvalue weighted by Gasteiger charge is -2.64. The summed E-state index contributed by atoms with van der Waals surface area (Å²) in [5.74, 6) is 0. The van der Waals surface area contributed by atoms with Gasteiger partial charge in [0.05, 0.1) is 0 Å². The highest BCUT2D eigenvalue weighted by Gasteiger charge is 2.60. The van der Waals surface area contributed by atoms with Crippen molar-refractivity contribution in [2.45, 2.75) is 84.7 Å². The third kappa shape index (κ3) is 6.15. The van der Waals surface area contributed by atoms with Crippen molar-refractivity contribution in [1.82, 2.24) is 10.2 Å².